The van der Waals surface area contributed by atoms with Gasteiger partial charge < -0.3 is 4.74 Å². The molecule has 0 saturated carbocycles. The summed E-state index contributed by atoms with van der Waals surface area (Å²) in [6.07, 6.45) is 1.55. The van der Waals surface area contributed by atoms with E-state index in [0.717, 1.165) is 16.7 Å². The minimum atomic E-state index is -3.70. The van der Waals surface area contributed by atoms with Crippen LogP contribution in [0.3, 0.4) is 0 Å². The summed E-state index contributed by atoms with van der Waals surface area (Å²) in [6.45, 7) is 1.82. The zero-order chi connectivity index (χ0) is 20.3. The third-order valence-electron chi connectivity index (χ3n) is 4.30. The molecule has 0 fully saturated rings. The second kappa shape index (κ2) is 8.06. The predicted octanol–water partition coefficient (Wildman–Crippen LogP) is 5.71. The average Bonchev–Trinajstić information content (AvgIpc) is 3.23. The molecule has 4 rings (SSSR count). The van der Waals surface area contributed by atoms with Gasteiger partial charge in [-0.15, -0.1) is 11.3 Å². The minimum Gasteiger partial charge on any atom is -0.456 e. The standard InChI is InChI=1S/C22H18N2O3S2/c1-16-15-18(29(25,26)24-22-23-13-14-28-22)11-12-20(16)27-21-10-6-5-9-19(21)17-7-3-2-4-8-17/h2-15H,1H3,(H,23,24). The lowest BCUT2D eigenvalue weighted by Crippen LogP contribution is -2.12. The molecule has 0 unspecified atom stereocenters. The number of hydrogen-bond acceptors (Lipinski definition) is 5. The molecule has 1 heterocycles. The van der Waals surface area contributed by atoms with Crippen molar-refractivity contribution in [3.63, 3.8) is 0 Å². The van der Waals surface area contributed by atoms with Gasteiger partial charge in [0, 0.05) is 17.1 Å². The van der Waals surface area contributed by atoms with E-state index in [1.54, 1.807) is 23.7 Å². The smallest absolute Gasteiger partial charge is 0.263 e. The molecule has 0 aliphatic rings. The molecule has 146 valence electrons. The third-order valence-corrected chi connectivity index (χ3v) is 6.46. The van der Waals surface area contributed by atoms with E-state index < -0.39 is 10.0 Å². The van der Waals surface area contributed by atoms with Crippen LogP contribution in [0.1, 0.15) is 5.56 Å². The van der Waals surface area contributed by atoms with Gasteiger partial charge in [-0.1, -0.05) is 48.5 Å². The topological polar surface area (TPSA) is 68.3 Å². The van der Waals surface area contributed by atoms with Crippen LogP contribution in [-0.4, -0.2) is 13.4 Å². The first-order valence-corrected chi connectivity index (χ1v) is 11.2. The first-order valence-electron chi connectivity index (χ1n) is 8.88. The van der Waals surface area contributed by atoms with Gasteiger partial charge in [0.1, 0.15) is 11.5 Å². The maximum absolute atomic E-state index is 12.6. The fourth-order valence-corrected chi connectivity index (χ4v) is 4.76. The fraction of sp³-hybridized carbons (Fsp3) is 0.0455. The molecule has 0 radical (unpaired) electrons. The van der Waals surface area contributed by atoms with Gasteiger partial charge in [-0.2, -0.15) is 0 Å². The molecule has 0 saturated heterocycles. The van der Waals surface area contributed by atoms with Crippen LogP contribution in [-0.2, 0) is 10.0 Å². The van der Waals surface area contributed by atoms with Crippen molar-refractivity contribution in [2.75, 3.05) is 4.72 Å². The lowest BCUT2D eigenvalue weighted by atomic mass is 10.0. The van der Waals surface area contributed by atoms with E-state index in [9.17, 15) is 8.42 Å². The molecule has 0 bridgehead atoms. The highest BCUT2D eigenvalue weighted by Gasteiger charge is 2.17. The number of anilines is 1. The first-order chi connectivity index (χ1) is 14.0. The summed E-state index contributed by atoms with van der Waals surface area (Å²) in [7, 11) is -3.70. The number of para-hydroxylation sites is 1. The summed E-state index contributed by atoms with van der Waals surface area (Å²) in [5, 5.41) is 2.05. The maximum atomic E-state index is 12.6. The van der Waals surface area contributed by atoms with Crippen molar-refractivity contribution in [3.8, 4) is 22.6 Å². The Balaban J connectivity index is 1.62. The van der Waals surface area contributed by atoms with E-state index in [-0.39, 0.29) is 4.90 Å². The first kappa shape index (κ1) is 19.2. The minimum absolute atomic E-state index is 0.161. The van der Waals surface area contributed by atoms with Gasteiger partial charge in [0.25, 0.3) is 10.0 Å². The number of hydrogen-bond donors (Lipinski definition) is 1. The number of sulfonamides is 1. The van der Waals surface area contributed by atoms with Gasteiger partial charge in [-0.25, -0.2) is 13.4 Å². The van der Waals surface area contributed by atoms with Crippen molar-refractivity contribution in [1.29, 1.82) is 0 Å². The Morgan fingerprint density at radius 3 is 2.41 bits per heavy atom. The van der Waals surface area contributed by atoms with Crippen LogP contribution >= 0.6 is 11.3 Å². The summed E-state index contributed by atoms with van der Waals surface area (Å²) < 4.78 is 33.8. The molecule has 0 aliphatic carbocycles. The number of nitrogens with one attached hydrogen (secondary N) is 1. The number of thiazole rings is 1. The highest BCUT2D eigenvalue weighted by molar-refractivity contribution is 7.93. The molecule has 1 N–H and O–H groups in total. The molecule has 1 aromatic heterocycles. The second-order valence-corrected chi connectivity index (χ2v) is 8.91. The zero-order valence-electron chi connectivity index (χ0n) is 15.6. The predicted molar refractivity (Wildman–Crippen MR) is 116 cm³/mol. The van der Waals surface area contributed by atoms with E-state index in [4.69, 9.17) is 4.74 Å². The summed E-state index contributed by atoms with van der Waals surface area (Å²) in [6, 6.07) is 22.5. The lowest BCUT2D eigenvalue weighted by molar-refractivity contribution is 0.480. The van der Waals surface area contributed by atoms with Gasteiger partial charge in [0.15, 0.2) is 5.13 Å². The largest absolute Gasteiger partial charge is 0.456 e. The number of ether oxygens (including phenoxy) is 1. The van der Waals surface area contributed by atoms with Gasteiger partial charge in [-0.05, 0) is 42.3 Å². The number of benzene rings is 3. The van der Waals surface area contributed by atoms with Crippen LogP contribution in [0.5, 0.6) is 11.5 Å². The number of aryl methyl sites for hydroxylation is 1. The van der Waals surface area contributed by atoms with Crippen molar-refractivity contribution in [2.45, 2.75) is 11.8 Å². The monoisotopic (exact) mass is 422 g/mol. The van der Waals surface area contributed by atoms with Crippen molar-refractivity contribution >= 4 is 26.5 Å². The van der Waals surface area contributed by atoms with E-state index in [1.807, 2.05) is 61.5 Å². The number of aromatic nitrogens is 1. The van der Waals surface area contributed by atoms with Crippen LogP contribution in [0.4, 0.5) is 5.13 Å². The molecule has 3 aromatic carbocycles. The Hall–Kier alpha value is -3.16. The van der Waals surface area contributed by atoms with Gasteiger partial charge >= 0.3 is 0 Å². The van der Waals surface area contributed by atoms with Crippen molar-refractivity contribution < 1.29 is 13.2 Å². The molecule has 4 aromatic rings. The average molecular weight is 423 g/mol. The van der Waals surface area contributed by atoms with Crippen molar-refractivity contribution in [1.82, 2.24) is 4.98 Å². The van der Waals surface area contributed by atoms with Crippen LogP contribution in [0.2, 0.25) is 0 Å². The third kappa shape index (κ3) is 4.31. The summed E-state index contributed by atoms with van der Waals surface area (Å²) in [4.78, 5) is 4.13. The van der Waals surface area contributed by atoms with Crippen molar-refractivity contribution in [3.05, 3.63) is 89.9 Å². The van der Waals surface area contributed by atoms with Gasteiger partial charge in [0.05, 0.1) is 4.90 Å². The zero-order valence-corrected chi connectivity index (χ0v) is 17.2. The normalized spacial score (nSPS) is 11.2. The molecule has 0 aliphatic heterocycles. The van der Waals surface area contributed by atoms with Crippen LogP contribution in [0, 0.1) is 6.92 Å². The number of nitrogens with zero attached hydrogens (tertiary/aromatic N) is 1. The Labute approximate surface area is 173 Å². The van der Waals surface area contributed by atoms with Crippen LogP contribution in [0.25, 0.3) is 11.1 Å². The maximum Gasteiger partial charge on any atom is 0.263 e. The van der Waals surface area contributed by atoms with Crippen LogP contribution in [0.15, 0.2) is 89.3 Å². The summed E-state index contributed by atoms with van der Waals surface area (Å²) >= 11 is 1.23. The molecule has 0 spiro atoms. The molecule has 29 heavy (non-hydrogen) atoms. The van der Waals surface area contributed by atoms with Crippen molar-refractivity contribution in [2.24, 2.45) is 0 Å². The van der Waals surface area contributed by atoms with E-state index in [0.29, 0.717) is 16.6 Å². The van der Waals surface area contributed by atoms with E-state index in [1.165, 1.54) is 17.4 Å². The van der Waals surface area contributed by atoms with E-state index >= 15 is 0 Å². The Kier molecular flexibility index (Phi) is 5.33. The number of rotatable bonds is 6. The van der Waals surface area contributed by atoms with E-state index in [2.05, 4.69) is 9.71 Å². The highest BCUT2D eigenvalue weighted by Crippen LogP contribution is 2.35. The molecular weight excluding hydrogens is 404 g/mol. The van der Waals surface area contributed by atoms with Crippen LogP contribution < -0.4 is 9.46 Å². The second-order valence-electron chi connectivity index (χ2n) is 6.33. The molecule has 0 amide bonds. The molecular formula is C22H18N2O3S2. The molecule has 0 atom stereocenters. The highest BCUT2D eigenvalue weighted by atomic mass is 32.2. The summed E-state index contributed by atoms with van der Waals surface area (Å²) in [5.41, 5.74) is 2.73. The molecule has 7 heteroatoms. The Morgan fingerprint density at radius 1 is 0.931 bits per heavy atom. The summed E-state index contributed by atoms with van der Waals surface area (Å²) in [5.74, 6) is 1.31. The Bertz CT molecular complexity index is 1220. The SMILES string of the molecule is Cc1cc(S(=O)(=O)Nc2nccs2)ccc1Oc1ccccc1-c1ccccc1. The Morgan fingerprint density at radius 2 is 1.69 bits per heavy atom. The lowest BCUT2D eigenvalue weighted by Gasteiger charge is -2.14. The van der Waals surface area contributed by atoms with Gasteiger partial charge in [0.2, 0.25) is 0 Å². The van der Waals surface area contributed by atoms with Gasteiger partial charge in [-0.3, -0.25) is 4.72 Å². The molecule has 5 nitrogen and oxygen atoms in total. The fourth-order valence-electron chi connectivity index (χ4n) is 2.88. The quantitative estimate of drug-likeness (QED) is 0.432.